The van der Waals surface area contributed by atoms with Gasteiger partial charge in [0.2, 0.25) is 5.91 Å². The molecule has 0 aliphatic heterocycles. The number of nitrogens with one attached hydrogen (secondary N) is 2. The summed E-state index contributed by atoms with van der Waals surface area (Å²) in [7, 11) is 0. The van der Waals surface area contributed by atoms with Crippen LogP contribution in [0, 0.1) is 16.2 Å². The first-order valence-electron chi connectivity index (χ1n) is 9.48. The van der Waals surface area contributed by atoms with E-state index in [1.807, 2.05) is 51.1 Å². The predicted molar refractivity (Wildman–Crippen MR) is 109 cm³/mol. The molecular weight excluding hydrogens is 352 g/mol. The van der Waals surface area contributed by atoms with Gasteiger partial charge in [-0.25, -0.2) is 0 Å². The first-order chi connectivity index (χ1) is 13.3. The molecular formula is C22H24N4O2. The van der Waals surface area contributed by atoms with Crippen molar-refractivity contribution in [3.05, 3.63) is 54.9 Å². The Hall–Kier alpha value is -3.02. The number of para-hydroxylation sites is 1. The Kier molecular flexibility index (Phi) is 4.10. The molecule has 2 aliphatic rings. The Morgan fingerprint density at radius 1 is 1.00 bits per heavy atom. The lowest BCUT2D eigenvalue weighted by Gasteiger charge is -2.37. The van der Waals surface area contributed by atoms with Crippen LogP contribution in [0.4, 0.5) is 11.4 Å². The third-order valence-electron chi connectivity index (χ3n) is 6.97. The van der Waals surface area contributed by atoms with Crippen molar-refractivity contribution in [1.29, 1.82) is 0 Å². The predicted octanol–water partition coefficient (Wildman–Crippen LogP) is 3.88. The number of nitrogens with zero attached hydrogens (tertiary/aromatic N) is 2. The van der Waals surface area contributed by atoms with Gasteiger partial charge in [0.15, 0.2) is 5.78 Å². The lowest BCUT2D eigenvalue weighted by atomic mass is 9.64. The van der Waals surface area contributed by atoms with E-state index in [-0.39, 0.29) is 11.7 Å². The fourth-order valence-corrected chi connectivity index (χ4v) is 4.78. The van der Waals surface area contributed by atoms with Crippen molar-refractivity contribution >= 4 is 28.8 Å². The molecule has 2 aromatic rings. The molecule has 144 valence electrons. The van der Waals surface area contributed by atoms with Crippen LogP contribution < -0.4 is 10.7 Å². The van der Waals surface area contributed by atoms with Gasteiger partial charge in [-0.05, 0) is 42.5 Å². The molecule has 0 saturated heterocycles. The summed E-state index contributed by atoms with van der Waals surface area (Å²) in [5.41, 5.74) is 2.76. The molecule has 0 radical (unpaired) electrons. The quantitative estimate of drug-likeness (QED) is 0.626. The van der Waals surface area contributed by atoms with Gasteiger partial charge in [-0.1, -0.05) is 39.0 Å². The molecule has 6 heteroatoms. The molecule has 2 bridgehead atoms. The van der Waals surface area contributed by atoms with Gasteiger partial charge >= 0.3 is 0 Å². The molecule has 0 spiro atoms. The highest BCUT2D eigenvalue weighted by molar-refractivity contribution is 6.51. The van der Waals surface area contributed by atoms with Crippen LogP contribution in [-0.2, 0) is 9.59 Å². The highest BCUT2D eigenvalue weighted by Crippen LogP contribution is 2.69. The summed E-state index contributed by atoms with van der Waals surface area (Å²) in [5, 5.41) is 7.41. The molecule has 1 aromatic carbocycles. The van der Waals surface area contributed by atoms with Crippen molar-refractivity contribution in [3.8, 4) is 0 Å². The monoisotopic (exact) mass is 376 g/mol. The van der Waals surface area contributed by atoms with Crippen LogP contribution >= 0.6 is 0 Å². The molecule has 1 heterocycles. The normalized spacial score (nSPS) is 29.1. The average Bonchev–Trinajstić information content (AvgIpc) is 2.97. The molecule has 6 nitrogen and oxygen atoms in total. The smallest absolute Gasteiger partial charge is 0.239 e. The topological polar surface area (TPSA) is 83.5 Å². The van der Waals surface area contributed by atoms with Gasteiger partial charge in [0, 0.05) is 23.5 Å². The minimum Gasteiger partial charge on any atom is -0.325 e. The molecule has 2 N–H and O–H groups in total. The number of anilines is 2. The van der Waals surface area contributed by atoms with E-state index in [0.29, 0.717) is 17.8 Å². The Labute approximate surface area is 164 Å². The van der Waals surface area contributed by atoms with Gasteiger partial charge in [-0.2, -0.15) is 5.10 Å². The number of aromatic nitrogens is 1. The van der Waals surface area contributed by atoms with Crippen molar-refractivity contribution in [1.82, 2.24) is 4.98 Å². The molecule has 2 aliphatic carbocycles. The van der Waals surface area contributed by atoms with Gasteiger partial charge < -0.3 is 5.32 Å². The van der Waals surface area contributed by atoms with Crippen molar-refractivity contribution in [2.45, 2.75) is 33.6 Å². The third-order valence-corrected chi connectivity index (χ3v) is 6.97. The van der Waals surface area contributed by atoms with E-state index in [2.05, 4.69) is 20.8 Å². The van der Waals surface area contributed by atoms with Crippen molar-refractivity contribution in [2.24, 2.45) is 21.3 Å². The lowest BCUT2D eigenvalue weighted by Crippen LogP contribution is -2.47. The number of rotatable bonds is 4. The summed E-state index contributed by atoms with van der Waals surface area (Å²) in [5.74, 6) is -0.441. The summed E-state index contributed by atoms with van der Waals surface area (Å²) in [6.45, 7) is 6.06. The number of hydrazone groups is 1. The van der Waals surface area contributed by atoms with Crippen molar-refractivity contribution in [2.75, 3.05) is 10.7 Å². The van der Waals surface area contributed by atoms with Crippen LogP contribution in [0.25, 0.3) is 0 Å². The first-order valence-corrected chi connectivity index (χ1v) is 9.48. The van der Waals surface area contributed by atoms with Gasteiger partial charge in [-0.15, -0.1) is 0 Å². The fraction of sp³-hybridized carbons (Fsp3) is 0.364. The minimum atomic E-state index is -1.12. The number of carbonyl (C=O) groups is 2. The first kappa shape index (κ1) is 18.3. The van der Waals surface area contributed by atoms with Crippen LogP contribution in [0.15, 0.2) is 60.0 Å². The molecule has 1 aromatic heterocycles. The van der Waals surface area contributed by atoms with Gasteiger partial charge in [-0.3, -0.25) is 20.0 Å². The summed E-state index contributed by atoms with van der Waals surface area (Å²) in [6, 6.07) is 13.0. The number of benzene rings is 1. The lowest BCUT2D eigenvalue weighted by molar-refractivity contribution is -0.139. The molecule has 1 amide bonds. The van der Waals surface area contributed by atoms with Crippen molar-refractivity contribution < 1.29 is 9.59 Å². The standard InChI is InChI=1S/C22H24N4O2/c1-20(2)21(3)11-12-22(20,19(28)24-15-9-13-23-14-10-15)18(27)17(21)26-25-16-7-5-4-6-8-16/h4-10,13-14,25H,11-12H2,1-3H3,(H,23,24,28)/b26-17+. The number of ketones is 1. The van der Waals surface area contributed by atoms with E-state index in [1.165, 1.54) is 0 Å². The second-order valence-electron chi connectivity index (χ2n) is 8.32. The highest BCUT2D eigenvalue weighted by Gasteiger charge is 2.76. The summed E-state index contributed by atoms with van der Waals surface area (Å²) in [4.78, 5) is 30.8. The summed E-state index contributed by atoms with van der Waals surface area (Å²) in [6.07, 6.45) is 4.50. The number of carbonyl (C=O) groups excluding carboxylic acids is 2. The van der Waals surface area contributed by atoms with E-state index in [0.717, 1.165) is 12.1 Å². The number of fused-ring (bicyclic) bond motifs is 2. The van der Waals surface area contributed by atoms with E-state index >= 15 is 0 Å². The van der Waals surface area contributed by atoms with Crippen LogP contribution in [0.1, 0.15) is 33.6 Å². The SMILES string of the molecule is CC12CCC(C(=O)Nc3ccncc3)(C(=O)/C1=N\Nc1ccccc1)C2(C)C. The van der Waals surface area contributed by atoms with E-state index in [9.17, 15) is 9.59 Å². The zero-order chi connectivity index (χ0) is 20.0. The minimum absolute atomic E-state index is 0.179. The number of hydrogen-bond acceptors (Lipinski definition) is 5. The van der Waals surface area contributed by atoms with E-state index in [4.69, 9.17) is 0 Å². The Balaban J connectivity index is 1.70. The Morgan fingerprint density at radius 3 is 2.36 bits per heavy atom. The molecule has 28 heavy (non-hydrogen) atoms. The van der Waals surface area contributed by atoms with Crippen LogP contribution in [0.2, 0.25) is 0 Å². The number of Topliss-reactive ketones (excluding diaryl/α,β-unsaturated/α-hetero) is 1. The second kappa shape index (κ2) is 6.26. The zero-order valence-electron chi connectivity index (χ0n) is 16.3. The fourth-order valence-electron chi connectivity index (χ4n) is 4.78. The molecule has 2 fully saturated rings. The maximum absolute atomic E-state index is 13.5. The molecule has 2 saturated carbocycles. The Bertz CT molecular complexity index is 955. The second-order valence-corrected chi connectivity index (χ2v) is 8.32. The van der Waals surface area contributed by atoms with E-state index in [1.54, 1.807) is 24.5 Å². The Morgan fingerprint density at radius 2 is 1.68 bits per heavy atom. The zero-order valence-corrected chi connectivity index (χ0v) is 16.3. The summed E-state index contributed by atoms with van der Waals surface area (Å²) < 4.78 is 0. The van der Waals surface area contributed by atoms with Gasteiger partial charge in [0.1, 0.15) is 11.1 Å². The van der Waals surface area contributed by atoms with Gasteiger partial charge in [0.25, 0.3) is 0 Å². The largest absolute Gasteiger partial charge is 0.325 e. The van der Waals surface area contributed by atoms with Crippen LogP contribution in [0.3, 0.4) is 0 Å². The maximum Gasteiger partial charge on any atom is 0.239 e. The summed E-state index contributed by atoms with van der Waals surface area (Å²) >= 11 is 0. The molecule has 2 atom stereocenters. The number of amides is 1. The average molecular weight is 376 g/mol. The maximum atomic E-state index is 13.5. The number of pyridine rings is 1. The highest BCUT2D eigenvalue weighted by atomic mass is 16.2. The molecule has 2 unspecified atom stereocenters. The molecule has 4 rings (SSSR count). The van der Waals surface area contributed by atoms with Gasteiger partial charge in [0.05, 0.1) is 5.69 Å². The van der Waals surface area contributed by atoms with Crippen molar-refractivity contribution in [3.63, 3.8) is 0 Å². The van der Waals surface area contributed by atoms with E-state index < -0.39 is 16.2 Å². The third kappa shape index (κ3) is 2.33. The van der Waals surface area contributed by atoms with Crippen LogP contribution in [0.5, 0.6) is 0 Å². The number of hydrogen-bond donors (Lipinski definition) is 2. The van der Waals surface area contributed by atoms with Crippen LogP contribution in [-0.4, -0.2) is 22.4 Å².